The molecule has 0 unspecified atom stereocenters. The Bertz CT molecular complexity index is 680. The molecule has 2 saturated heterocycles. The first-order chi connectivity index (χ1) is 9.92. The topological polar surface area (TPSA) is 107 Å². The molecule has 0 aliphatic carbocycles. The fourth-order valence-electron chi connectivity index (χ4n) is 3.66. The van der Waals surface area contributed by atoms with Crippen molar-refractivity contribution in [2.45, 2.75) is 42.2 Å². The lowest BCUT2D eigenvalue weighted by molar-refractivity contribution is -0.387. The van der Waals surface area contributed by atoms with Crippen LogP contribution in [0.3, 0.4) is 0 Å². The van der Waals surface area contributed by atoms with Crippen molar-refractivity contribution in [1.82, 2.24) is 4.31 Å². The summed E-state index contributed by atoms with van der Waals surface area (Å²) < 4.78 is 27.3. The van der Waals surface area contributed by atoms with Crippen molar-refractivity contribution in [3.8, 4) is 0 Å². The summed E-state index contributed by atoms with van der Waals surface area (Å²) in [5, 5.41) is 11.1. The summed E-state index contributed by atoms with van der Waals surface area (Å²) in [5.41, 5.74) is 4.89. The Morgan fingerprint density at radius 2 is 1.95 bits per heavy atom. The zero-order chi connectivity index (χ0) is 15.3. The summed E-state index contributed by atoms with van der Waals surface area (Å²) in [5.74, 6) is 0. The number of benzene rings is 1. The van der Waals surface area contributed by atoms with Gasteiger partial charge in [0.1, 0.15) is 0 Å². The van der Waals surface area contributed by atoms with Gasteiger partial charge in [-0.15, -0.1) is 0 Å². The van der Waals surface area contributed by atoms with Gasteiger partial charge in [0.2, 0.25) is 0 Å². The van der Waals surface area contributed by atoms with Gasteiger partial charge in [-0.05, 0) is 31.7 Å². The Kier molecular flexibility index (Phi) is 3.27. The maximum Gasteiger partial charge on any atom is 0.289 e. The molecule has 0 radical (unpaired) electrons. The number of hydrogen-bond acceptors (Lipinski definition) is 5. The molecule has 0 spiro atoms. The van der Waals surface area contributed by atoms with Crippen LogP contribution in [-0.4, -0.2) is 35.8 Å². The molecule has 8 heteroatoms. The van der Waals surface area contributed by atoms with Crippen LogP contribution < -0.4 is 5.73 Å². The van der Waals surface area contributed by atoms with Crippen LogP contribution >= 0.6 is 0 Å². The standard InChI is InChI=1S/C13H17N3O4S/c14-9-13-7-5-10(6-8-13)15(13)21(19,20)12-4-2-1-3-11(12)16(17)18/h1-4,10H,5-9,14H2. The van der Waals surface area contributed by atoms with Gasteiger partial charge in [0.15, 0.2) is 4.90 Å². The Hall–Kier alpha value is -1.51. The van der Waals surface area contributed by atoms with E-state index >= 15 is 0 Å². The predicted octanol–water partition coefficient (Wildman–Crippen LogP) is 1.24. The average Bonchev–Trinajstić information content (AvgIpc) is 3.04. The molecule has 0 atom stereocenters. The third-order valence-corrected chi connectivity index (χ3v) is 6.77. The number of nitro benzene ring substituents is 1. The normalized spacial score (nSPS) is 28.9. The van der Waals surface area contributed by atoms with E-state index in [1.165, 1.54) is 28.6 Å². The molecule has 1 aromatic carbocycles. The minimum Gasteiger partial charge on any atom is -0.329 e. The zero-order valence-corrected chi connectivity index (χ0v) is 12.3. The first-order valence-corrected chi connectivity index (χ1v) is 8.34. The highest BCUT2D eigenvalue weighted by atomic mass is 32.2. The number of nitrogens with two attached hydrogens (primary N) is 1. The van der Waals surface area contributed by atoms with E-state index in [1.807, 2.05) is 0 Å². The number of hydrogen-bond donors (Lipinski definition) is 1. The van der Waals surface area contributed by atoms with Crippen molar-refractivity contribution in [3.05, 3.63) is 34.4 Å². The van der Waals surface area contributed by atoms with E-state index < -0.39 is 20.5 Å². The van der Waals surface area contributed by atoms with Crippen LogP contribution in [0.25, 0.3) is 0 Å². The second-order valence-electron chi connectivity index (χ2n) is 5.69. The fraction of sp³-hybridized carbons (Fsp3) is 0.538. The van der Waals surface area contributed by atoms with Crippen molar-refractivity contribution in [3.63, 3.8) is 0 Å². The van der Waals surface area contributed by atoms with E-state index in [-0.39, 0.29) is 23.2 Å². The van der Waals surface area contributed by atoms with Crippen LogP contribution in [0.1, 0.15) is 25.7 Å². The Labute approximate surface area is 122 Å². The van der Waals surface area contributed by atoms with Crippen LogP contribution in [0.15, 0.2) is 29.2 Å². The molecule has 2 heterocycles. The van der Waals surface area contributed by atoms with Crippen molar-refractivity contribution in [1.29, 1.82) is 0 Å². The van der Waals surface area contributed by atoms with Crippen molar-refractivity contribution in [2.24, 2.45) is 5.73 Å². The second kappa shape index (κ2) is 4.75. The minimum absolute atomic E-state index is 0.0849. The highest BCUT2D eigenvalue weighted by Crippen LogP contribution is 2.49. The number of rotatable bonds is 4. The lowest BCUT2D eigenvalue weighted by atomic mass is 9.88. The molecule has 1 aromatic rings. The minimum atomic E-state index is -3.91. The van der Waals surface area contributed by atoms with Crippen LogP contribution in [0.2, 0.25) is 0 Å². The molecular formula is C13H17N3O4S. The summed E-state index contributed by atoms with van der Waals surface area (Å²) >= 11 is 0. The highest BCUT2D eigenvalue weighted by molar-refractivity contribution is 7.89. The van der Waals surface area contributed by atoms with Gasteiger partial charge in [0.25, 0.3) is 15.7 Å². The van der Waals surface area contributed by atoms with Crippen molar-refractivity contribution >= 4 is 15.7 Å². The Morgan fingerprint density at radius 1 is 1.33 bits per heavy atom. The van der Waals surface area contributed by atoms with E-state index in [0.717, 1.165) is 25.7 Å². The average molecular weight is 311 g/mol. The summed E-state index contributed by atoms with van der Waals surface area (Å²) in [6.07, 6.45) is 3.01. The van der Waals surface area contributed by atoms with Gasteiger partial charge in [-0.1, -0.05) is 12.1 Å². The van der Waals surface area contributed by atoms with Gasteiger partial charge in [0, 0.05) is 24.2 Å². The first kappa shape index (κ1) is 14.4. The van der Waals surface area contributed by atoms with Crippen LogP contribution in [0.4, 0.5) is 5.69 Å². The summed E-state index contributed by atoms with van der Waals surface area (Å²) in [6.45, 7) is 0.253. The smallest absolute Gasteiger partial charge is 0.289 e. The molecule has 0 saturated carbocycles. The number of nitro groups is 1. The van der Waals surface area contributed by atoms with Gasteiger partial charge in [-0.2, -0.15) is 4.31 Å². The number of sulfonamides is 1. The molecule has 7 nitrogen and oxygen atoms in total. The van der Waals surface area contributed by atoms with Gasteiger partial charge in [-0.25, -0.2) is 8.42 Å². The van der Waals surface area contributed by atoms with Crippen LogP contribution in [-0.2, 0) is 10.0 Å². The maximum absolute atomic E-state index is 13.0. The molecule has 21 heavy (non-hydrogen) atoms. The van der Waals surface area contributed by atoms with Gasteiger partial charge in [-0.3, -0.25) is 10.1 Å². The van der Waals surface area contributed by atoms with E-state index in [1.54, 1.807) is 0 Å². The molecule has 2 N–H and O–H groups in total. The SMILES string of the molecule is NCC12CCC(CC1)N2S(=O)(=O)c1ccccc1[N+](=O)[O-]. The Balaban J connectivity index is 2.13. The van der Waals surface area contributed by atoms with Crippen molar-refractivity contribution < 1.29 is 13.3 Å². The fourth-order valence-corrected chi connectivity index (χ4v) is 5.90. The zero-order valence-electron chi connectivity index (χ0n) is 11.4. The van der Waals surface area contributed by atoms with Crippen molar-refractivity contribution in [2.75, 3.05) is 6.54 Å². The lowest BCUT2D eigenvalue weighted by Crippen LogP contribution is -2.49. The van der Waals surface area contributed by atoms with Crippen LogP contribution in [0, 0.1) is 10.1 Å². The van der Waals surface area contributed by atoms with E-state index in [9.17, 15) is 18.5 Å². The highest BCUT2D eigenvalue weighted by Gasteiger charge is 2.57. The predicted molar refractivity (Wildman–Crippen MR) is 76.2 cm³/mol. The Morgan fingerprint density at radius 3 is 2.52 bits per heavy atom. The monoisotopic (exact) mass is 311 g/mol. The molecule has 2 aliphatic rings. The largest absolute Gasteiger partial charge is 0.329 e. The second-order valence-corrected chi connectivity index (χ2v) is 7.47. The molecule has 0 aromatic heterocycles. The van der Waals surface area contributed by atoms with Gasteiger partial charge >= 0.3 is 0 Å². The number of fused-ring (bicyclic) bond motifs is 2. The van der Waals surface area contributed by atoms with Gasteiger partial charge < -0.3 is 5.73 Å². The lowest BCUT2D eigenvalue weighted by Gasteiger charge is -2.32. The molecule has 2 fully saturated rings. The first-order valence-electron chi connectivity index (χ1n) is 6.90. The third-order valence-electron chi connectivity index (χ3n) is 4.66. The number of para-hydroxylation sites is 1. The molecule has 2 aliphatic heterocycles. The van der Waals surface area contributed by atoms with Crippen LogP contribution in [0.5, 0.6) is 0 Å². The van der Waals surface area contributed by atoms with E-state index in [0.29, 0.717) is 0 Å². The molecular weight excluding hydrogens is 294 g/mol. The molecule has 2 bridgehead atoms. The summed E-state index contributed by atoms with van der Waals surface area (Å²) in [6, 6.07) is 5.41. The van der Waals surface area contributed by atoms with E-state index in [2.05, 4.69) is 0 Å². The van der Waals surface area contributed by atoms with Gasteiger partial charge in [0.05, 0.1) is 4.92 Å². The quantitative estimate of drug-likeness (QED) is 0.665. The summed E-state index contributed by atoms with van der Waals surface area (Å²) in [4.78, 5) is 10.2. The molecule has 114 valence electrons. The molecule has 0 amide bonds. The maximum atomic E-state index is 13.0. The third kappa shape index (κ3) is 1.97. The van der Waals surface area contributed by atoms with E-state index in [4.69, 9.17) is 5.73 Å². The number of nitrogens with zero attached hydrogens (tertiary/aromatic N) is 2. The molecule has 3 rings (SSSR count). The summed E-state index contributed by atoms with van der Waals surface area (Å²) in [7, 11) is -3.91.